The van der Waals surface area contributed by atoms with Gasteiger partial charge in [-0.1, -0.05) is 49.0 Å². The molecule has 0 radical (unpaired) electrons. The van der Waals surface area contributed by atoms with Crippen LogP contribution in [0, 0.1) is 11.8 Å². The third-order valence-corrected chi connectivity index (χ3v) is 5.38. The molecule has 0 saturated heterocycles. The molecule has 3 atom stereocenters. The lowest BCUT2D eigenvalue weighted by atomic mass is 9.74. The molecule has 3 heteroatoms. The largest absolute Gasteiger partial charge is 0.317 e. The second-order valence-corrected chi connectivity index (χ2v) is 6.89. The molecule has 0 aliphatic heterocycles. The van der Waals surface area contributed by atoms with Gasteiger partial charge in [-0.15, -0.1) is 0 Å². The Morgan fingerprint density at radius 1 is 1.20 bits per heavy atom. The topological polar surface area (TPSA) is 12.0 Å². The second-order valence-electron chi connectivity index (χ2n) is 6.08. The lowest BCUT2D eigenvalue weighted by molar-refractivity contribution is 0.200. The van der Waals surface area contributed by atoms with Crippen molar-refractivity contribution in [2.75, 3.05) is 7.05 Å². The summed E-state index contributed by atoms with van der Waals surface area (Å²) < 4.78 is 0. The molecular weight excluding hydrogens is 289 g/mol. The van der Waals surface area contributed by atoms with Crippen LogP contribution in [0.5, 0.6) is 0 Å². The lowest BCUT2D eigenvalue weighted by Crippen LogP contribution is -2.39. The molecule has 20 heavy (non-hydrogen) atoms. The van der Waals surface area contributed by atoms with Gasteiger partial charge in [0, 0.05) is 6.04 Å². The van der Waals surface area contributed by atoms with Gasteiger partial charge < -0.3 is 5.32 Å². The maximum absolute atomic E-state index is 6.13. The Hall–Kier alpha value is -0.240. The number of halogens is 2. The Balaban J connectivity index is 2.04. The molecule has 0 aromatic heterocycles. The van der Waals surface area contributed by atoms with Crippen LogP contribution in [0.1, 0.15) is 44.6 Å². The summed E-state index contributed by atoms with van der Waals surface area (Å²) >= 11 is 12.1. The first-order valence-electron chi connectivity index (χ1n) is 7.75. The number of hydrogen-bond donors (Lipinski definition) is 1. The fourth-order valence-electron chi connectivity index (χ4n) is 3.61. The Morgan fingerprint density at radius 3 is 2.65 bits per heavy atom. The summed E-state index contributed by atoms with van der Waals surface area (Å²) in [5.41, 5.74) is 1.31. The standard InChI is InChI=1S/C17H25Cl2N/c1-3-4-12-6-8-17(20-2)14(9-12)10-13-5-7-15(18)16(19)11-13/h5,7,11-12,14,17,20H,3-4,6,8-10H2,1-2H3. The molecule has 1 aromatic rings. The summed E-state index contributed by atoms with van der Waals surface area (Å²) in [5, 5.41) is 4.82. The van der Waals surface area contributed by atoms with Crippen molar-refractivity contribution in [1.29, 1.82) is 0 Å². The molecule has 1 nitrogen and oxygen atoms in total. The van der Waals surface area contributed by atoms with E-state index in [1.807, 2.05) is 12.1 Å². The van der Waals surface area contributed by atoms with E-state index in [0.29, 0.717) is 22.0 Å². The van der Waals surface area contributed by atoms with Crippen LogP contribution < -0.4 is 5.32 Å². The summed E-state index contributed by atoms with van der Waals surface area (Å²) in [7, 11) is 2.09. The molecule has 1 fully saturated rings. The van der Waals surface area contributed by atoms with Gasteiger partial charge in [-0.05, 0) is 62.3 Å². The third-order valence-electron chi connectivity index (χ3n) is 4.64. The zero-order chi connectivity index (χ0) is 14.5. The van der Waals surface area contributed by atoms with Gasteiger partial charge in [0.15, 0.2) is 0 Å². The van der Waals surface area contributed by atoms with E-state index in [0.717, 1.165) is 12.3 Å². The number of benzene rings is 1. The van der Waals surface area contributed by atoms with Gasteiger partial charge in [0.2, 0.25) is 0 Å². The lowest BCUT2D eigenvalue weighted by Gasteiger charge is -2.36. The molecule has 1 aromatic carbocycles. The van der Waals surface area contributed by atoms with Crippen LogP contribution in [-0.2, 0) is 6.42 Å². The van der Waals surface area contributed by atoms with Crippen molar-refractivity contribution >= 4 is 23.2 Å². The minimum Gasteiger partial charge on any atom is -0.317 e. The Bertz CT molecular complexity index is 433. The monoisotopic (exact) mass is 313 g/mol. The van der Waals surface area contributed by atoms with Crippen LogP contribution in [0.25, 0.3) is 0 Å². The quantitative estimate of drug-likeness (QED) is 0.773. The van der Waals surface area contributed by atoms with E-state index in [4.69, 9.17) is 23.2 Å². The minimum atomic E-state index is 0.637. The van der Waals surface area contributed by atoms with Crippen molar-refractivity contribution in [3.8, 4) is 0 Å². The molecule has 2 rings (SSSR count). The van der Waals surface area contributed by atoms with Crippen LogP contribution in [-0.4, -0.2) is 13.1 Å². The van der Waals surface area contributed by atoms with E-state index in [1.165, 1.54) is 37.7 Å². The van der Waals surface area contributed by atoms with Crippen molar-refractivity contribution in [3.63, 3.8) is 0 Å². The van der Waals surface area contributed by atoms with Crippen molar-refractivity contribution in [2.45, 2.75) is 51.5 Å². The van der Waals surface area contributed by atoms with Crippen LogP contribution in [0.2, 0.25) is 10.0 Å². The van der Waals surface area contributed by atoms with Crippen LogP contribution >= 0.6 is 23.2 Å². The summed E-state index contributed by atoms with van der Waals surface area (Å²) in [5.74, 6) is 1.61. The van der Waals surface area contributed by atoms with Crippen molar-refractivity contribution < 1.29 is 0 Å². The predicted octanol–water partition coefficient (Wildman–Crippen LogP) is 5.34. The Morgan fingerprint density at radius 2 is 2.00 bits per heavy atom. The van der Waals surface area contributed by atoms with Gasteiger partial charge in [-0.2, -0.15) is 0 Å². The highest BCUT2D eigenvalue weighted by Gasteiger charge is 2.29. The summed E-state index contributed by atoms with van der Waals surface area (Å²) in [4.78, 5) is 0. The average Bonchev–Trinajstić information content (AvgIpc) is 2.44. The normalized spacial score (nSPS) is 26.7. The summed E-state index contributed by atoms with van der Waals surface area (Å²) in [6, 6.07) is 6.70. The highest BCUT2D eigenvalue weighted by atomic mass is 35.5. The highest BCUT2D eigenvalue weighted by molar-refractivity contribution is 6.42. The maximum Gasteiger partial charge on any atom is 0.0595 e. The SMILES string of the molecule is CCCC1CCC(NC)C(Cc2ccc(Cl)c(Cl)c2)C1. The molecular formula is C17H25Cl2N. The first-order valence-corrected chi connectivity index (χ1v) is 8.50. The van der Waals surface area contributed by atoms with Crippen LogP contribution in [0.15, 0.2) is 18.2 Å². The molecule has 1 aliphatic rings. The van der Waals surface area contributed by atoms with Crippen molar-refractivity contribution in [1.82, 2.24) is 5.32 Å². The first-order chi connectivity index (χ1) is 9.63. The van der Waals surface area contributed by atoms with E-state index in [9.17, 15) is 0 Å². The fraction of sp³-hybridized carbons (Fsp3) is 0.647. The van der Waals surface area contributed by atoms with E-state index >= 15 is 0 Å². The molecule has 3 unspecified atom stereocenters. The van der Waals surface area contributed by atoms with Crippen molar-refractivity contribution in [2.24, 2.45) is 11.8 Å². The number of rotatable bonds is 5. The molecule has 112 valence electrons. The smallest absolute Gasteiger partial charge is 0.0595 e. The van der Waals surface area contributed by atoms with Gasteiger partial charge in [-0.25, -0.2) is 0 Å². The zero-order valence-corrected chi connectivity index (χ0v) is 14.0. The molecule has 0 heterocycles. The van der Waals surface area contributed by atoms with Gasteiger partial charge in [0.05, 0.1) is 10.0 Å². The van der Waals surface area contributed by atoms with E-state index in [2.05, 4.69) is 25.4 Å². The zero-order valence-electron chi connectivity index (χ0n) is 12.5. The predicted molar refractivity (Wildman–Crippen MR) is 88.8 cm³/mol. The van der Waals surface area contributed by atoms with Gasteiger partial charge in [0.1, 0.15) is 0 Å². The molecule has 1 saturated carbocycles. The minimum absolute atomic E-state index is 0.637. The van der Waals surface area contributed by atoms with Gasteiger partial charge in [0.25, 0.3) is 0 Å². The highest BCUT2D eigenvalue weighted by Crippen LogP contribution is 2.35. The molecule has 1 aliphatic carbocycles. The van der Waals surface area contributed by atoms with Gasteiger partial charge in [-0.3, -0.25) is 0 Å². The van der Waals surface area contributed by atoms with E-state index in [-0.39, 0.29) is 0 Å². The summed E-state index contributed by atoms with van der Waals surface area (Å²) in [6.45, 7) is 2.29. The first kappa shape index (κ1) is 16.1. The third kappa shape index (κ3) is 4.13. The average molecular weight is 314 g/mol. The fourth-order valence-corrected chi connectivity index (χ4v) is 3.93. The molecule has 0 spiro atoms. The Kier molecular flexibility index (Phi) is 6.20. The number of hydrogen-bond acceptors (Lipinski definition) is 1. The van der Waals surface area contributed by atoms with Crippen LogP contribution in [0.4, 0.5) is 0 Å². The molecule has 0 amide bonds. The van der Waals surface area contributed by atoms with Crippen LogP contribution in [0.3, 0.4) is 0 Å². The summed E-state index contributed by atoms with van der Waals surface area (Å²) in [6.07, 6.45) is 7.77. The second kappa shape index (κ2) is 7.68. The van der Waals surface area contributed by atoms with E-state index < -0.39 is 0 Å². The maximum atomic E-state index is 6.13. The van der Waals surface area contributed by atoms with Gasteiger partial charge >= 0.3 is 0 Å². The van der Waals surface area contributed by atoms with Crippen molar-refractivity contribution in [3.05, 3.63) is 33.8 Å². The number of nitrogens with one attached hydrogen (secondary N) is 1. The van der Waals surface area contributed by atoms with E-state index in [1.54, 1.807) is 0 Å². The molecule has 1 N–H and O–H groups in total. The molecule has 0 bridgehead atoms. The Labute approximate surface area is 133 Å².